The lowest BCUT2D eigenvalue weighted by atomic mass is 10.2. The van der Waals surface area contributed by atoms with Crippen LogP contribution in [0.5, 0.6) is 11.5 Å². The molecular formula is C17H15ClN2O3S. The zero-order valence-electron chi connectivity index (χ0n) is 13.4. The molecule has 124 valence electrons. The first-order valence-electron chi connectivity index (χ1n) is 7.09. The third-order valence-electron chi connectivity index (χ3n) is 3.60. The molecule has 24 heavy (non-hydrogen) atoms. The van der Waals surface area contributed by atoms with Gasteiger partial charge in [-0.25, -0.2) is 0 Å². The van der Waals surface area contributed by atoms with Gasteiger partial charge in [0.25, 0.3) is 5.91 Å². The minimum absolute atomic E-state index is 0.343. The molecule has 1 heterocycles. The van der Waals surface area contributed by atoms with Crippen molar-refractivity contribution in [3.05, 3.63) is 51.8 Å². The first-order chi connectivity index (χ1) is 11.5. The van der Waals surface area contributed by atoms with Crippen LogP contribution in [0.4, 0.5) is 0 Å². The van der Waals surface area contributed by atoms with Gasteiger partial charge in [0.15, 0.2) is 16.3 Å². The Bertz CT molecular complexity index is 991. The molecule has 7 heteroatoms. The van der Waals surface area contributed by atoms with Gasteiger partial charge in [-0.2, -0.15) is 4.99 Å². The maximum atomic E-state index is 12.5. The summed E-state index contributed by atoms with van der Waals surface area (Å²) in [6.07, 6.45) is 0. The van der Waals surface area contributed by atoms with Crippen molar-refractivity contribution in [1.82, 2.24) is 4.57 Å². The molecule has 5 nitrogen and oxygen atoms in total. The summed E-state index contributed by atoms with van der Waals surface area (Å²) in [5.74, 6) is 0.714. The fraction of sp³-hybridized carbons (Fsp3) is 0.176. The van der Waals surface area contributed by atoms with E-state index in [9.17, 15) is 4.79 Å². The quantitative estimate of drug-likeness (QED) is 0.714. The number of ether oxygens (including phenoxy) is 2. The van der Waals surface area contributed by atoms with Crippen LogP contribution in [0.15, 0.2) is 41.4 Å². The van der Waals surface area contributed by atoms with Gasteiger partial charge in [-0.15, -0.1) is 0 Å². The van der Waals surface area contributed by atoms with Crippen LogP contribution < -0.4 is 14.3 Å². The molecule has 0 spiro atoms. The van der Waals surface area contributed by atoms with E-state index < -0.39 is 0 Å². The van der Waals surface area contributed by atoms with Crippen molar-refractivity contribution < 1.29 is 14.3 Å². The highest BCUT2D eigenvalue weighted by Gasteiger charge is 2.11. The topological polar surface area (TPSA) is 52.8 Å². The maximum Gasteiger partial charge on any atom is 0.279 e. The number of halogens is 1. The zero-order chi connectivity index (χ0) is 17.3. The molecule has 3 rings (SSSR count). The normalized spacial score (nSPS) is 11.8. The lowest BCUT2D eigenvalue weighted by Crippen LogP contribution is -2.13. The van der Waals surface area contributed by atoms with Crippen molar-refractivity contribution in [3.8, 4) is 11.5 Å². The van der Waals surface area contributed by atoms with Crippen LogP contribution in [0.25, 0.3) is 10.2 Å². The van der Waals surface area contributed by atoms with Crippen LogP contribution in [-0.2, 0) is 7.05 Å². The Morgan fingerprint density at radius 2 is 1.88 bits per heavy atom. The molecule has 0 bridgehead atoms. The van der Waals surface area contributed by atoms with Crippen molar-refractivity contribution in [2.45, 2.75) is 0 Å². The van der Waals surface area contributed by atoms with Gasteiger partial charge in [0, 0.05) is 17.6 Å². The number of hydrogen-bond acceptors (Lipinski definition) is 4. The molecule has 0 aliphatic carbocycles. The standard InChI is InChI=1S/C17H15ClN2O3S/c1-20-12-6-5-11(18)9-15(12)24-17(20)19-16(21)10-4-7-13(22-2)14(8-10)23-3/h4-9H,1-3H3. The third kappa shape index (κ3) is 3.02. The molecule has 0 radical (unpaired) electrons. The smallest absolute Gasteiger partial charge is 0.279 e. The number of aryl methyl sites for hydroxylation is 1. The Kier molecular flexibility index (Phi) is 4.59. The van der Waals surface area contributed by atoms with Crippen LogP contribution >= 0.6 is 22.9 Å². The van der Waals surface area contributed by atoms with Crippen molar-refractivity contribution in [2.75, 3.05) is 14.2 Å². The molecule has 0 saturated heterocycles. The molecule has 2 aromatic carbocycles. The third-order valence-corrected chi connectivity index (χ3v) is 4.93. The first-order valence-corrected chi connectivity index (χ1v) is 8.29. The van der Waals surface area contributed by atoms with Gasteiger partial charge < -0.3 is 14.0 Å². The Morgan fingerprint density at radius 3 is 2.58 bits per heavy atom. The molecule has 0 atom stereocenters. The van der Waals surface area contributed by atoms with E-state index in [1.165, 1.54) is 18.4 Å². The van der Waals surface area contributed by atoms with E-state index in [-0.39, 0.29) is 5.91 Å². The summed E-state index contributed by atoms with van der Waals surface area (Å²) in [6.45, 7) is 0. The van der Waals surface area contributed by atoms with Crippen molar-refractivity contribution >= 4 is 39.1 Å². The van der Waals surface area contributed by atoms with E-state index in [1.807, 2.05) is 29.8 Å². The maximum absolute atomic E-state index is 12.5. The summed E-state index contributed by atoms with van der Waals surface area (Å²) in [6, 6.07) is 10.6. The molecule has 0 saturated carbocycles. The van der Waals surface area contributed by atoms with Crippen molar-refractivity contribution in [1.29, 1.82) is 0 Å². The number of nitrogens with zero attached hydrogens (tertiary/aromatic N) is 2. The number of fused-ring (bicyclic) bond motifs is 1. The van der Waals surface area contributed by atoms with Crippen LogP contribution in [-0.4, -0.2) is 24.7 Å². The highest BCUT2D eigenvalue weighted by atomic mass is 35.5. The number of amides is 1. The van der Waals surface area contributed by atoms with Gasteiger partial charge in [-0.1, -0.05) is 22.9 Å². The first kappa shape index (κ1) is 16.5. The molecule has 0 aliphatic heterocycles. The van der Waals surface area contributed by atoms with E-state index in [0.717, 1.165) is 10.2 Å². The SMILES string of the molecule is COc1ccc(C(=O)N=c2sc3cc(Cl)ccc3n2C)cc1OC. The molecule has 0 aliphatic rings. The van der Waals surface area contributed by atoms with Gasteiger partial charge in [-0.05, 0) is 36.4 Å². The number of benzene rings is 2. The minimum atomic E-state index is -0.343. The summed E-state index contributed by atoms with van der Waals surface area (Å²) in [4.78, 5) is 17.3. The molecular weight excluding hydrogens is 348 g/mol. The summed E-state index contributed by atoms with van der Waals surface area (Å²) in [5.41, 5.74) is 1.41. The summed E-state index contributed by atoms with van der Waals surface area (Å²) >= 11 is 7.43. The molecule has 1 amide bonds. The Morgan fingerprint density at radius 1 is 1.12 bits per heavy atom. The Balaban J connectivity index is 2.05. The lowest BCUT2D eigenvalue weighted by molar-refractivity contribution is 0.0997. The van der Waals surface area contributed by atoms with Crippen LogP contribution in [0.3, 0.4) is 0 Å². The summed E-state index contributed by atoms with van der Waals surface area (Å²) < 4.78 is 13.2. The molecule has 3 aromatic rings. The number of aromatic nitrogens is 1. The highest BCUT2D eigenvalue weighted by Crippen LogP contribution is 2.28. The average Bonchev–Trinajstić information content (AvgIpc) is 2.89. The summed E-state index contributed by atoms with van der Waals surface area (Å²) in [7, 11) is 4.94. The van der Waals surface area contributed by atoms with E-state index in [4.69, 9.17) is 21.1 Å². The van der Waals surface area contributed by atoms with Crippen molar-refractivity contribution in [2.24, 2.45) is 12.0 Å². The lowest BCUT2D eigenvalue weighted by Gasteiger charge is -2.07. The van der Waals surface area contributed by atoms with Gasteiger partial charge in [-0.3, -0.25) is 4.79 Å². The van der Waals surface area contributed by atoms with Gasteiger partial charge in [0.1, 0.15) is 0 Å². The fourth-order valence-electron chi connectivity index (χ4n) is 2.34. The van der Waals surface area contributed by atoms with E-state index >= 15 is 0 Å². The molecule has 0 N–H and O–H groups in total. The number of carbonyl (C=O) groups excluding carboxylic acids is 1. The van der Waals surface area contributed by atoms with E-state index in [2.05, 4.69) is 4.99 Å². The van der Waals surface area contributed by atoms with E-state index in [1.54, 1.807) is 25.3 Å². The molecule has 0 unspecified atom stereocenters. The number of hydrogen-bond donors (Lipinski definition) is 0. The van der Waals surface area contributed by atoms with Gasteiger partial charge in [0.05, 0.1) is 24.4 Å². The van der Waals surface area contributed by atoms with Crippen LogP contribution in [0.2, 0.25) is 5.02 Å². The predicted molar refractivity (Wildman–Crippen MR) is 95.2 cm³/mol. The van der Waals surface area contributed by atoms with Crippen molar-refractivity contribution in [3.63, 3.8) is 0 Å². The van der Waals surface area contributed by atoms with Gasteiger partial charge >= 0.3 is 0 Å². The summed E-state index contributed by atoms with van der Waals surface area (Å²) in [5, 5.41) is 0.655. The second-order valence-electron chi connectivity index (χ2n) is 5.04. The molecule has 0 fully saturated rings. The Labute approximate surface area is 147 Å². The second kappa shape index (κ2) is 6.67. The average molecular weight is 363 g/mol. The second-order valence-corrected chi connectivity index (χ2v) is 6.49. The number of rotatable bonds is 3. The zero-order valence-corrected chi connectivity index (χ0v) is 14.9. The predicted octanol–water partition coefficient (Wildman–Crippen LogP) is 3.65. The number of thiazole rings is 1. The van der Waals surface area contributed by atoms with E-state index in [0.29, 0.717) is 26.9 Å². The van der Waals surface area contributed by atoms with Crippen LogP contribution in [0, 0.1) is 0 Å². The number of carbonyl (C=O) groups is 1. The number of methoxy groups -OCH3 is 2. The highest BCUT2D eigenvalue weighted by molar-refractivity contribution is 7.16. The van der Waals surface area contributed by atoms with Crippen LogP contribution in [0.1, 0.15) is 10.4 Å². The Hall–Kier alpha value is -2.31. The monoisotopic (exact) mass is 362 g/mol. The minimum Gasteiger partial charge on any atom is -0.493 e. The molecule has 1 aromatic heterocycles. The van der Waals surface area contributed by atoms with Gasteiger partial charge in [0.2, 0.25) is 0 Å². The largest absolute Gasteiger partial charge is 0.493 e. The fourth-order valence-corrected chi connectivity index (χ4v) is 3.63.